The molecule has 1 atom stereocenters. The van der Waals surface area contributed by atoms with Gasteiger partial charge in [0.05, 0.1) is 18.1 Å². The third-order valence-corrected chi connectivity index (χ3v) is 5.02. The summed E-state index contributed by atoms with van der Waals surface area (Å²) in [7, 11) is 1.31. The van der Waals surface area contributed by atoms with Crippen LogP contribution in [-0.4, -0.2) is 24.2 Å². The zero-order chi connectivity index (χ0) is 18.8. The van der Waals surface area contributed by atoms with Gasteiger partial charge in [0.25, 0.3) is 0 Å². The highest BCUT2D eigenvalue weighted by molar-refractivity contribution is 7.13. The summed E-state index contributed by atoms with van der Waals surface area (Å²) in [6.07, 6.45) is 1.30. The zero-order valence-electron chi connectivity index (χ0n) is 15.0. The van der Waals surface area contributed by atoms with Gasteiger partial charge in [-0.3, -0.25) is 4.79 Å². The largest absolute Gasteiger partial charge is 0.479 e. The molecule has 0 aliphatic heterocycles. The van der Waals surface area contributed by atoms with Crippen LogP contribution in [0.4, 0.5) is 0 Å². The molecule has 3 rings (SSSR count). The van der Waals surface area contributed by atoms with E-state index in [1.807, 2.05) is 19.2 Å². The van der Waals surface area contributed by atoms with Gasteiger partial charge < -0.3 is 13.9 Å². The fraction of sp³-hybridized carbons (Fsp3) is 0.316. The molecule has 1 aromatic carbocycles. The number of hydrogen-bond donors (Lipinski definition) is 0. The maximum Gasteiger partial charge on any atom is 0.346 e. The maximum absolute atomic E-state index is 12.9. The van der Waals surface area contributed by atoms with Crippen LogP contribution in [0.3, 0.4) is 0 Å². The predicted octanol–water partition coefficient (Wildman–Crippen LogP) is 3.73. The monoisotopic (exact) mass is 373 g/mol. The number of hydrogen-bond acceptors (Lipinski definition) is 7. The van der Waals surface area contributed by atoms with Crippen LogP contribution in [0.15, 0.2) is 33.0 Å². The molecule has 0 aliphatic rings. The van der Waals surface area contributed by atoms with E-state index in [1.165, 1.54) is 24.7 Å². The summed E-state index contributed by atoms with van der Waals surface area (Å²) in [5.74, 6) is 0.0296. The van der Waals surface area contributed by atoms with Crippen molar-refractivity contribution in [1.82, 2.24) is 4.98 Å². The van der Waals surface area contributed by atoms with Crippen molar-refractivity contribution in [1.29, 1.82) is 0 Å². The van der Waals surface area contributed by atoms with Gasteiger partial charge >= 0.3 is 5.97 Å². The first kappa shape index (κ1) is 18.1. The molecule has 0 radical (unpaired) electrons. The van der Waals surface area contributed by atoms with Crippen molar-refractivity contribution in [2.75, 3.05) is 7.11 Å². The lowest BCUT2D eigenvalue weighted by Gasteiger charge is -2.15. The van der Waals surface area contributed by atoms with Crippen molar-refractivity contribution in [3.8, 4) is 16.3 Å². The van der Waals surface area contributed by atoms with Crippen molar-refractivity contribution >= 4 is 28.3 Å². The SMILES string of the molecule is CCc1cc2c(=O)c(-c3nc(C)cs3)coc2cc1O[C@@H](C)C(=O)OC. The van der Waals surface area contributed by atoms with Crippen molar-refractivity contribution in [3.05, 3.63) is 45.3 Å². The number of ether oxygens (including phenoxy) is 2. The molecule has 0 saturated heterocycles. The molecule has 2 heterocycles. The van der Waals surface area contributed by atoms with Crippen LogP contribution in [-0.2, 0) is 16.0 Å². The quantitative estimate of drug-likeness (QED) is 0.634. The van der Waals surface area contributed by atoms with Crippen LogP contribution in [0.25, 0.3) is 21.5 Å². The molecule has 0 amide bonds. The van der Waals surface area contributed by atoms with Gasteiger partial charge in [0.2, 0.25) is 5.43 Å². The zero-order valence-corrected chi connectivity index (χ0v) is 15.8. The van der Waals surface area contributed by atoms with E-state index in [1.54, 1.807) is 19.1 Å². The summed E-state index contributed by atoms with van der Waals surface area (Å²) in [6, 6.07) is 3.40. The first-order valence-electron chi connectivity index (χ1n) is 8.20. The predicted molar refractivity (Wildman–Crippen MR) is 99.8 cm³/mol. The van der Waals surface area contributed by atoms with E-state index < -0.39 is 12.1 Å². The first-order valence-corrected chi connectivity index (χ1v) is 9.08. The Bertz CT molecular complexity index is 1020. The Balaban J connectivity index is 2.09. The van der Waals surface area contributed by atoms with E-state index in [4.69, 9.17) is 9.15 Å². The fourth-order valence-electron chi connectivity index (χ4n) is 2.62. The molecule has 0 unspecified atom stereocenters. The first-order chi connectivity index (χ1) is 12.4. The molecule has 0 bridgehead atoms. The summed E-state index contributed by atoms with van der Waals surface area (Å²) in [5, 5.41) is 2.99. The highest BCUT2D eigenvalue weighted by Crippen LogP contribution is 2.29. The molecular weight excluding hydrogens is 354 g/mol. The number of esters is 1. The van der Waals surface area contributed by atoms with Crippen LogP contribution >= 0.6 is 11.3 Å². The van der Waals surface area contributed by atoms with Gasteiger partial charge in [0.15, 0.2) is 6.10 Å². The highest BCUT2D eigenvalue weighted by Gasteiger charge is 2.19. The second-order valence-corrected chi connectivity index (χ2v) is 6.72. The molecular formula is C19H19NO5S. The average Bonchev–Trinajstić information content (AvgIpc) is 3.06. The fourth-order valence-corrected chi connectivity index (χ4v) is 3.42. The number of nitrogens with zero attached hydrogens (tertiary/aromatic N) is 1. The Morgan fingerprint density at radius 1 is 1.38 bits per heavy atom. The Hall–Kier alpha value is -2.67. The number of carbonyl (C=O) groups excluding carboxylic acids is 1. The normalized spacial score (nSPS) is 12.2. The van der Waals surface area contributed by atoms with Gasteiger partial charge in [-0.2, -0.15) is 0 Å². The molecule has 136 valence electrons. The van der Waals surface area contributed by atoms with Crippen LogP contribution < -0.4 is 10.2 Å². The number of methoxy groups -OCH3 is 1. The molecule has 26 heavy (non-hydrogen) atoms. The standard InChI is InChI=1S/C19H19NO5S/c1-5-12-6-13-16(7-15(12)25-11(3)19(22)23-4)24-8-14(17(13)21)18-20-10(2)9-26-18/h6-9,11H,5H2,1-4H3/t11-/m0/s1. The lowest BCUT2D eigenvalue weighted by molar-refractivity contribution is -0.147. The van der Waals surface area contributed by atoms with E-state index in [-0.39, 0.29) is 5.43 Å². The van der Waals surface area contributed by atoms with Crippen LogP contribution in [0, 0.1) is 6.92 Å². The smallest absolute Gasteiger partial charge is 0.346 e. The third-order valence-electron chi connectivity index (χ3n) is 4.02. The van der Waals surface area contributed by atoms with E-state index in [0.29, 0.717) is 33.7 Å². The van der Waals surface area contributed by atoms with E-state index in [2.05, 4.69) is 9.72 Å². The molecule has 6 nitrogen and oxygen atoms in total. The molecule has 7 heteroatoms. The summed E-state index contributed by atoms with van der Waals surface area (Å²) in [6.45, 7) is 5.44. The van der Waals surface area contributed by atoms with E-state index in [9.17, 15) is 9.59 Å². The van der Waals surface area contributed by atoms with Gasteiger partial charge in [0.1, 0.15) is 22.6 Å². The van der Waals surface area contributed by atoms with Gasteiger partial charge in [-0.15, -0.1) is 11.3 Å². The Morgan fingerprint density at radius 3 is 2.77 bits per heavy atom. The summed E-state index contributed by atoms with van der Waals surface area (Å²) in [4.78, 5) is 28.9. The van der Waals surface area contributed by atoms with Crippen molar-refractivity contribution in [2.24, 2.45) is 0 Å². The molecule has 0 saturated carbocycles. The number of fused-ring (bicyclic) bond motifs is 1. The maximum atomic E-state index is 12.9. The second-order valence-electron chi connectivity index (χ2n) is 5.87. The molecule has 0 fully saturated rings. The Morgan fingerprint density at radius 2 is 2.15 bits per heavy atom. The molecule has 0 aliphatic carbocycles. The minimum absolute atomic E-state index is 0.136. The van der Waals surface area contributed by atoms with Gasteiger partial charge in [-0.1, -0.05) is 6.92 Å². The molecule has 2 aromatic heterocycles. The third kappa shape index (κ3) is 3.35. The van der Waals surface area contributed by atoms with Crippen LogP contribution in [0.5, 0.6) is 5.75 Å². The van der Waals surface area contributed by atoms with Crippen molar-refractivity contribution < 1.29 is 18.7 Å². The van der Waals surface area contributed by atoms with Gasteiger partial charge in [-0.25, -0.2) is 9.78 Å². The number of carbonyl (C=O) groups is 1. The van der Waals surface area contributed by atoms with Gasteiger partial charge in [0, 0.05) is 17.1 Å². The van der Waals surface area contributed by atoms with Crippen molar-refractivity contribution in [2.45, 2.75) is 33.3 Å². The van der Waals surface area contributed by atoms with Crippen LogP contribution in [0.2, 0.25) is 0 Å². The highest BCUT2D eigenvalue weighted by atomic mass is 32.1. The lowest BCUT2D eigenvalue weighted by atomic mass is 10.1. The number of aromatic nitrogens is 1. The number of thiazole rings is 1. The number of aryl methyl sites for hydroxylation is 2. The minimum Gasteiger partial charge on any atom is -0.479 e. The summed E-state index contributed by atoms with van der Waals surface area (Å²) < 4.78 is 16.1. The van der Waals surface area contributed by atoms with Crippen molar-refractivity contribution in [3.63, 3.8) is 0 Å². The molecule has 0 N–H and O–H groups in total. The number of benzene rings is 1. The van der Waals surface area contributed by atoms with Gasteiger partial charge in [-0.05, 0) is 31.9 Å². The minimum atomic E-state index is -0.757. The second kappa shape index (κ2) is 7.29. The lowest BCUT2D eigenvalue weighted by Crippen LogP contribution is -2.25. The number of rotatable bonds is 5. The molecule has 0 spiro atoms. The topological polar surface area (TPSA) is 78.6 Å². The molecule has 3 aromatic rings. The summed E-state index contributed by atoms with van der Waals surface area (Å²) in [5.41, 5.74) is 2.38. The summed E-state index contributed by atoms with van der Waals surface area (Å²) >= 11 is 1.41. The Labute approximate surface area is 154 Å². The van der Waals surface area contributed by atoms with E-state index >= 15 is 0 Å². The van der Waals surface area contributed by atoms with Crippen LogP contribution in [0.1, 0.15) is 25.1 Å². The van der Waals surface area contributed by atoms with E-state index in [0.717, 1.165) is 11.3 Å². The average molecular weight is 373 g/mol. The Kier molecular flexibility index (Phi) is 5.08.